The number of aryl methyl sites for hydroxylation is 1. The van der Waals surface area contributed by atoms with Crippen molar-refractivity contribution in [1.29, 1.82) is 0 Å². The van der Waals surface area contributed by atoms with Gasteiger partial charge in [0.1, 0.15) is 0 Å². The predicted molar refractivity (Wildman–Crippen MR) is 77.9 cm³/mol. The van der Waals surface area contributed by atoms with Crippen LogP contribution in [0.2, 0.25) is 0 Å². The van der Waals surface area contributed by atoms with E-state index in [4.69, 9.17) is 0 Å². The smallest absolute Gasteiger partial charge is 0.0329 e. The maximum Gasteiger partial charge on any atom is 0.0329 e. The quantitative estimate of drug-likeness (QED) is 0.795. The van der Waals surface area contributed by atoms with Crippen LogP contribution in [0.5, 0.6) is 0 Å². The van der Waals surface area contributed by atoms with Gasteiger partial charge in [-0.15, -0.1) is 0 Å². The number of benzene rings is 1. The summed E-state index contributed by atoms with van der Waals surface area (Å²) in [6, 6.07) is 10.2. The number of nitrogens with one attached hydrogen (secondary N) is 1. The third-order valence-corrected chi connectivity index (χ3v) is 3.97. The van der Waals surface area contributed by atoms with Gasteiger partial charge < -0.3 is 10.2 Å². The van der Waals surface area contributed by atoms with Crippen molar-refractivity contribution in [3.8, 4) is 0 Å². The van der Waals surface area contributed by atoms with Crippen LogP contribution in [0.15, 0.2) is 24.3 Å². The second-order valence-electron chi connectivity index (χ2n) is 5.40. The normalized spacial score (nSPS) is 17.1. The summed E-state index contributed by atoms with van der Waals surface area (Å²) < 4.78 is 0. The van der Waals surface area contributed by atoms with E-state index in [0.717, 1.165) is 6.04 Å². The Morgan fingerprint density at radius 1 is 1.39 bits per heavy atom. The van der Waals surface area contributed by atoms with Crippen LogP contribution in [-0.4, -0.2) is 31.1 Å². The van der Waals surface area contributed by atoms with Gasteiger partial charge in [0.15, 0.2) is 0 Å². The maximum absolute atomic E-state index is 3.46. The van der Waals surface area contributed by atoms with Crippen molar-refractivity contribution in [1.82, 2.24) is 10.2 Å². The van der Waals surface area contributed by atoms with E-state index < -0.39 is 0 Å². The van der Waals surface area contributed by atoms with E-state index >= 15 is 0 Å². The topological polar surface area (TPSA) is 15.3 Å². The fourth-order valence-electron chi connectivity index (χ4n) is 2.70. The van der Waals surface area contributed by atoms with Gasteiger partial charge in [0, 0.05) is 18.6 Å². The van der Waals surface area contributed by atoms with E-state index in [1.807, 2.05) is 0 Å². The molecule has 1 saturated carbocycles. The highest BCUT2D eigenvalue weighted by Crippen LogP contribution is 2.27. The van der Waals surface area contributed by atoms with Crippen LogP contribution < -0.4 is 5.32 Å². The number of hydrogen-bond donors (Lipinski definition) is 1. The zero-order valence-electron chi connectivity index (χ0n) is 11.9. The molecule has 0 aliphatic heterocycles. The third-order valence-electron chi connectivity index (χ3n) is 3.97. The van der Waals surface area contributed by atoms with Gasteiger partial charge in [0.2, 0.25) is 0 Å². The van der Waals surface area contributed by atoms with E-state index in [1.165, 1.54) is 43.5 Å². The summed E-state index contributed by atoms with van der Waals surface area (Å²) in [5, 5.41) is 3.46. The summed E-state index contributed by atoms with van der Waals surface area (Å²) in [4.78, 5) is 2.63. The minimum absolute atomic E-state index is 0.484. The molecule has 0 aromatic heterocycles. The molecule has 18 heavy (non-hydrogen) atoms. The molecule has 1 aromatic carbocycles. The molecule has 2 heteroatoms. The Labute approximate surface area is 111 Å². The Morgan fingerprint density at radius 2 is 2.17 bits per heavy atom. The molecule has 1 aliphatic rings. The van der Waals surface area contributed by atoms with Crippen LogP contribution in [0.25, 0.3) is 0 Å². The minimum Gasteiger partial charge on any atom is -0.313 e. The molecule has 1 atom stereocenters. The highest BCUT2D eigenvalue weighted by molar-refractivity contribution is 5.25. The summed E-state index contributed by atoms with van der Waals surface area (Å²) in [5.41, 5.74) is 2.77. The largest absolute Gasteiger partial charge is 0.313 e. The Hall–Kier alpha value is -0.860. The average Bonchev–Trinajstić information content (AvgIpc) is 3.19. The van der Waals surface area contributed by atoms with Gasteiger partial charge in [-0.2, -0.15) is 0 Å². The zero-order valence-corrected chi connectivity index (χ0v) is 11.9. The van der Waals surface area contributed by atoms with E-state index in [0.29, 0.717) is 6.04 Å². The minimum atomic E-state index is 0.484. The Kier molecular flexibility index (Phi) is 4.79. The molecule has 0 spiro atoms. The Balaban J connectivity index is 1.92. The van der Waals surface area contributed by atoms with Crippen molar-refractivity contribution in [3.05, 3.63) is 35.4 Å². The van der Waals surface area contributed by atoms with E-state index in [1.54, 1.807) is 0 Å². The molecule has 0 radical (unpaired) electrons. The molecule has 0 amide bonds. The molecule has 1 aliphatic carbocycles. The van der Waals surface area contributed by atoms with Gasteiger partial charge in [-0.3, -0.25) is 0 Å². The van der Waals surface area contributed by atoms with Crippen molar-refractivity contribution in [2.45, 2.75) is 45.2 Å². The number of hydrogen-bond acceptors (Lipinski definition) is 2. The second-order valence-corrected chi connectivity index (χ2v) is 5.40. The monoisotopic (exact) mass is 246 g/mol. The summed E-state index contributed by atoms with van der Waals surface area (Å²) in [6.45, 7) is 6.84. The van der Waals surface area contributed by atoms with Crippen LogP contribution in [0.4, 0.5) is 0 Å². The van der Waals surface area contributed by atoms with Crippen LogP contribution in [0.3, 0.4) is 0 Å². The SMILES string of the molecule is CCN(CCC(NC)c1cccc(C)c1)C1CC1. The molecule has 0 heterocycles. The van der Waals surface area contributed by atoms with Crippen molar-refractivity contribution in [2.24, 2.45) is 0 Å². The summed E-state index contributed by atoms with van der Waals surface area (Å²) in [7, 11) is 2.07. The van der Waals surface area contributed by atoms with E-state index in [-0.39, 0.29) is 0 Å². The molecule has 1 fully saturated rings. The van der Waals surface area contributed by atoms with Gasteiger partial charge in [-0.1, -0.05) is 36.8 Å². The van der Waals surface area contributed by atoms with Gasteiger partial charge in [-0.05, 0) is 45.3 Å². The molecule has 100 valence electrons. The van der Waals surface area contributed by atoms with Crippen molar-refractivity contribution >= 4 is 0 Å². The van der Waals surface area contributed by atoms with Gasteiger partial charge >= 0.3 is 0 Å². The lowest BCUT2D eigenvalue weighted by Gasteiger charge is -2.24. The van der Waals surface area contributed by atoms with Gasteiger partial charge in [-0.25, -0.2) is 0 Å². The zero-order chi connectivity index (χ0) is 13.0. The Bertz CT molecular complexity index is 371. The lowest BCUT2D eigenvalue weighted by molar-refractivity contribution is 0.261. The summed E-state index contributed by atoms with van der Waals surface area (Å²) in [5.74, 6) is 0. The van der Waals surface area contributed by atoms with E-state index in [9.17, 15) is 0 Å². The first-order valence-corrected chi connectivity index (χ1v) is 7.22. The molecule has 1 unspecified atom stereocenters. The van der Waals surface area contributed by atoms with Crippen LogP contribution >= 0.6 is 0 Å². The maximum atomic E-state index is 3.46. The van der Waals surface area contributed by atoms with Crippen molar-refractivity contribution < 1.29 is 0 Å². The lowest BCUT2D eigenvalue weighted by atomic mass is 10.0. The summed E-state index contributed by atoms with van der Waals surface area (Å²) in [6.07, 6.45) is 4.01. The molecule has 1 N–H and O–H groups in total. The number of nitrogens with zero attached hydrogens (tertiary/aromatic N) is 1. The highest BCUT2D eigenvalue weighted by atomic mass is 15.2. The second kappa shape index (κ2) is 6.35. The van der Waals surface area contributed by atoms with Crippen LogP contribution in [0, 0.1) is 6.92 Å². The molecule has 0 bridgehead atoms. The van der Waals surface area contributed by atoms with Gasteiger partial charge in [0.05, 0.1) is 0 Å². The van der Waals surface area contributed by atoms with Crippen LogP contribution in [-0.2, 0) is 0 Å². The summed E-state index contributed by atoms with van der Waals surface area (Å²) >= 11 is 0. The lowest BCUT2D eigenvalue weighted by Crippen LogP contribution is -2.30. The first-order valence-electron chi connectivity index (χ1n) is 7.22. The first kappa shape index (κ1) is 13.6. The van der Waals surface area contributed by atoms with Crippen molar-refractivity contribution in [2.75, 3.05) is 20.1 Å². The van der Waals surface area contributed by atoms with Crippen molar-refractivity contribution in [3.63, 3.8) is 0 Å². The molecule has 0 saturated heterocycles. The van der Waals surface area contributed by atoms with E-state index in [2.05, 4.69) is 55.4 Å². The molecule has 2 rings (SSSR count). The highest BCUT2D eigenvalue weighted by Gasteiger charge is 2.27. The Morgan fingerprint density at radius 3 is 2.72 bits per heavy atom. The predicted octanol–water partition coefficient (Wildman–Crippen LogP) is 3.13. The average molecular weight is 246 g/mol. The number of rotatable bonds is 7. The molecular weight excluding hydrogens is 220 g/mol. The van der Waals surface area contributed by atoms with Gasteiger partial charge in [0.25, 0.3) is 0 Å². The molecule has 1 aromatic rings. The van der Waals surface area contributed by atoms with Crippen LogP contribution in [0.1, 0.15) is 43.4 Å². The first-order chi connectivity index (χ1) is 8.74. The standard InChI is InChI=1S/C16H26N2/c1-4-18(15-8-9-15)11-10-16(17-3)14-7-5-6-13(2)12-14/h5-7,12,15-17H,4,8-11H2,1-3H3. The fraction of sp³-hybridized carbons (Fsp3) is 0.625. The molecule has 2 nitrogen and oxygen atoms in total. The fourth-order valence-corrected chi connectivity index (χ4v) is 2.70. The third kappa shape index (κ3) is 3.56. The molecular formula is C16H26N2.